The standard InChI is InChI=1S/C15H21NO5S/c1-4-21-14-8-12-9-16(15(17)10-22(3,18)19)6-5-11(12)7-13(14)20-2/h7-8H,4-6,9-10H2,1-3H3. The Morgan fingerprint density at radius 2 is 1.95 bits per heavy atom. The van der Waals surface area contributed by atoms with Gasteiger partial charge in [0, 0.05) is 19.3 Å². The lowest BCUT2D eigenvalue weighted by atomic mass is 9.99. The number of carbonyl (C=O) groups excluding carboxylic acids is 1. The summed E-state index contributed by atoms with van der Waals surface area (Å²) in [4.78, 5) is 13.6. The number of ether oxygens (including phenoxy) is 2. The van der Waals surface area contributed by atoms with Crippen LogP contribution >= 0.6 is 0 Å². The van der Waals surface area contributed by atoms with E-state index in [0.29, 0.717) is 37.6 Å². The molecule has 6 nitrogen and oxygen atoms in total. The monoisotopic (exact) mass is 327 g/mol. The fourth-order valence-electron chi connectivity index (χ4n) is 2.52. The van der Waals surface area contributed by atoms with Gasteiger partial charge in [-0.15, -0.1) is 0 Å². The van der Waals surface area contributed by atoms with Crippen LogP contribution in [0.4, 0.5) is 0 Å². The number of methoxy groups -OCH3 is 1. The summed E-state index contributed by atoms with van der Waals surface area (Å²) in [7, 11) is -1.72. The number of fused-ring (bicyclic) bond motifs is 1. The number of benzene rings is 1. The van der Waals surface area contributed by atoms with Crippen molar-refractivity contribution in [2.75, 3.05) is 32.3 Å². The Bertz CT molecular complexity index is 669. The Balaban J connectivity index is 2.22. The molecule has 1 aromatic carbocycles. The van der Waals surface area contributed by atoms with Crippen LogP contribution in [0.3, 0.4) is 0 Å². The van der Waals surface area contributed by atoms with Crippen LogP contribution in [-0.2, 0) is 27.6 Å². The van der Waals surface area contributed by atoms with Gasteiger partial charge in [0.25, 0.3) is 0 Å². The Labute approximate surface area is 130 Å². The summed E-state index contributed by atoms with van der Waals surface area (Å²) in [6, 6.07) is 3.80. The molecule has 1 aliphatic rings. The Kier molecular flexibility index (Phi) is 4.95. The molecule has 0 radical (unpaired) electrons. The molecule has 2 rings (SSSR count). The molecule has 1 heterocycles. The number of rotatable bonds is 5. The quantitative estimate of drug-likeness (QED) is 0.807. The first-order chi connectivity index (χ1) is 10.3. The van der Waals surface area contributed by atoms with Crippen LogP contribution in [0.5, 0.6) is 11.5 Å². The first-order valence-electron chi connectivity index (χ1n) is 7.12. The van der Waals surface area contributed by atoms with Crippen molar-refractivity contribution in [2.45, 2.75) is 19.9 Å². The zero-order valence-corrected chi connectivity index (χ0v) is 13.9. The predicted octanol–water partition coefficient (Wildman–Crippen LogP) is 1.02. The van der Waals surface area contributed by atoms with E-state index in [4.69, 9.17) is 9.47 Å². The molecule has 1 aliphatic heterocycles. The van der Waals surface area contributed by atoms with E-state index in [1.807, 2.05) is 19.1 Å². The second-order valence-electron chi connectivity index (χ2n) is 5.34. The van der Waals surface area contributed by atoms with Gasteiger partial charge < -0.3 is 14.4 Å². The van der Waals surface area contributed by atoms with Gasteiger partial charge in [-0.1, -0.05) is 0 Å². The number of sulfone groups is 1. The minimum absolute atomic E-state index is 0.359. The molecule has 122 valence electrons. The fourth-order valence-corrected chi connectivity index (χ4v) is 3.15. The minimum Gasteiger partial charge on any atom is -0.493 e. The molecule has 7 heteroatoms. The van der Waals surface area contributed by atoms with Crippen LogP contribution in [0.25, 0.3) is 0 Å². The Hall–Kier alpha value is -1.76. The normalized spacial score (nSPS) is 14.4. The van der Waals surface area contributed by atoms with Crippen LogP contribution in [0, 0.1) is 0 Å². The first-order valence-corrected chi connectivity index (χ1v) is 9.18. The molecule has 0 aliphatic carbocycles. The minimum atomic E-state index is -3.31. The lowest BCUT2D eigenvalue weighted by molar-refractivity contribution is -0.129. The van der Waals surface area contributed by atoms with E-state index in [2.05, 4.69) is 0 Å². The second-order valence-corrected chi connectivity index (χ2v) is 7.48. The predicted molar refractivity (Wildman–Crippen MR) is 83.0 cm³/mol. The van der Waals surface area contributed by atoms with Crippen molar-refractivity contribution in [2.24, 2.45) is 0 Å². The molecule has 22 heavy (non-hydrogen) atoms. The maximum Gasteiger partial charge on any atom is 0.238 e. The summed E-state index contributed by atoms with van der Waals surface area (Å²) in [6.45, 7) is 3.32. The van der Waals surface area contributed by atoms with Crippen LogP contribution in [0.2, 0.25) is 0 Å². The molecular weight excluding hydrogens is 306 g/mol. The van der Waals surface area contributed by atoms with Gasteiger partial charge in [0.15, 0.2) is 21.3 Å². The van der Waals surface area contributed by atoms with Crippen molar-refractivity contribution in [1.82, 2.24) is 4.90 Å². The highest BCUT2D eigenvalue weighted by molar-refractivity contribution is 7.91. The molecule has 0 spiro atoms. The van der Waals surface area contributed by atoms with E-state index in [0.717, 1.165) is 17.4 Å². The maximum atomic E-state index is 12.0. The SMILES string of the molecule is CCOc1cc2c(cc1OC)CCN(C(=O)CS(C)(=O)=O)C2. The van der Waals surface area contributed by atoms with E-state index in [1.165, 1.54) is 0 Å². The summed E-state index contributed by atoms with van der Waals surface area (Å²) in [5.74, 6) is 0.510. The van der Waals surface area contributed by atoms with Crippen molar-refractivity contribution >= 4 is 15.7 Å². The summed E-state index contributed by atoms with van der Waals surface area (Å²) < 4.78 is 33.4. The molecule has 0 bridgehead atoms. The summed E-state index contributed by atoms with van der Waals surface area (Å²) in [6.07, 6.45) is 1.74. The first kappa shape index (κ1) is 16.6. The molecule has 1 amide bonds. The molecule has 0 N–H and O–H groups in total. The van der Waals surface area contributed by atoms with Crippen LogP contribution in [-0.4, -0.2) is 51.5 Å². The average Bonchev–Trinajstić information content (AvgIpc) is 2.44. The van der Waals surface area contributed by atoms with Gasteiger partial charge in [-0.2, -0.15) is 0 Å². The Morgan fingerprint density at radius 3 is 2.55 bits per heavy atom. The van der Waals surface area contributed by atoms with Gasteiger partial charge in [-0.3, -0.25) is 4.79 Å². The molecule has 0 atom stereocenters. The fraction of sp³-hybridized carbons (Fsp3) is 0.533. The smallest absolute Gasteiger partial charge is 0.238 e. The van der Waals surface area contributed by atoms with E-state index >= 15 is 0 Å². The van der Waals surface area contributed by atoms with Gasteiger partial charge in [-0.25, -0.2) is 8.42 Å². The van der Waals surface area contributed by atoms with E-state index in [-0.39, 0.29) is 5.91 Å². The van der Waals surface area contributed by atoms with Gasteiger partial charge in [0.1, 0.15) is 5.75 Å². The van der Waals surface area contributed by atoms with E-state index < -0.39 is 15.6 Å². The number of amides is 1. The van der Waals surface area contributed by atoms with Crippen molar-refractivity contribution < 1.29 is 22.7 Å². The van der Waals surface area contributed by atoms with Crippen molar-refractivity contribution in [3.8, 4) is 11.5 Å². The zero-order valence-electron chi connectivity index (χ0n) is 13.1. The lowest BCUT2D eigenvalue weighted by Crippen LogP contribution is -2.39. The largest absolute Gasteiger partial charge is 0.493 e. The molecule has 0 fully saturated rings. The summed E-state index contributed by atoms with van der Waals surface area (Å²) >= 11 is 0. The molecule has 0 aromatic heterocycles. The lowest BCUT2D eigenvalue weighted by Gasteiger charge is -2.29. The second kappa shape index (κ2) is 6.56. The third-order valence-corrected chi connectivity index (χ3v) is 4.31. The third kappa shape index (κ3) is 3.91. The van der Waals surface area contributed by atoms with Crippen LogP contribution < -0.4 is 9.47 Å². The molecule has 1 aromatic rings. The molecular formula is C15H21NO5S. The number of hydrogen-bond donors (Lipinski definition) is 0. The number of nitrogens with zero attached hydrogens (tertiary/aromatic N) is 1. The molecule has 0 unspecified atom stereocenters. The highest BCUT2D eigenvalue weighted by atomic mass is 32.2. The summed E-state index contributed by atoms with van der Waals surface area (Å²) in [5, 5.41) is 0. The highest BCUT2D eigenvalue weighted by Gasteiger charge is 2.24. The van der Waals surface area contributed by atoms with Crippen LogP contribution in [0.1, 0.15) is 18.1 Å². The zero-order chi connectivity index (χ0) is 16.3. The van der Waals surface area contributed by atoms with Gasteiger partial charge >= 0.3 is 0 Å². The highest BCUT2D eigenvalue weighted by Crippen LogP contribution is 2.33. The summed E-state index contributed by atoms with van der Waals surface area (Å²) in [5.41, 5.74) is 2.07. The average molecular weight is 327 g/mol. The topological polar surface area (TPSA) is 72.9 Å². The molecule has 0 saturated heterocycles. The van der Waals surface area contributed by atoms with Crippen molar-refractivity contribution in [1.29, 1.82) is 0 Å². The van der Waals surface area contributed by atoms with E-state index in [1.54, 1.807) is 12.0 Å². The maximum absolute atomic E-state index is 12.0. The molecule has 0 saturated carbocycles. The van der Waals surface area contributed by atoms with Crippen molar-refractivity contribution in [3.05, 3.63) is 23.3 Å². The number of hydrogen-bond acceptors (Lipinski definition) is 5. The third-order valence-electron chi connectivity index (χ3n) is 3.54. The van der Waals surface area contributed by atoms with Gasteiger partial charge in [0.05, 0.1) is 13.7 Å². The van der Waals surface area contributed by atoms with Gasteiger partial charge in [0.2, 0.25) is 5.91 Å². The van der Waals surface area contributed by atoms with Crippen molar-refractivity contribution in [3.63, 3.8) is 0 Å². The van der Waals surface area contributed by atoms with Crippen LogP contribution in [0.15, 0.2) is 12.1 Å². The Morgan fingerprint density at radius 1 is 1.27 bits per heavy atom. The van der Waals surface area contributed by atoms with E-state index in [9.17, 15) is 13.2 Å². The van der Waals surface area contributed by atoms with Gasteiger partial charge in [-0.05, 0) is 36.6 Å². The number of carbonyl (C=O) groups is 1.